The molecule has 0 atom stereocenters. The molecule has 1 aromatic carbocycles. The van der Waals surface area contributed by atoms with Gasteiger partial charge in [0, 0.05) is 0 Å². The number of para-hydroxylation sites is 1. The quantitative estimate of drug-likeness (QED) is 0.578. The van der Waals surface area contributed by atoms with Crippen molar-refractivity contribution in [2.75, 3.05) is 13.2 Å². The Hall–Kier alpha value is -1.06. The molecule has 1 aromatic rings. The van der Waals surface area contributed by atoms with Crippen molar-refractivity contribution >= 4 is 0 Å². The largest absolute Gasteiger partial charge is 0.491 e. The molecule has 0 bridgehead atoms. The average molecular weight is 195 g/mol. The molecular weight excluding hydrogens is 178 g/mol. The van der Waals surface area contributed by atoms with Gasteiger partial charge in [0.05, 0.1) is 0 Å². The molecule has 0 amide bonds. The van der Waals surface area contributed by atoms with Crippen molar-refractivity contribution in [2.24, 2.45) is 5.90 Å². The predicted octanol–water partition coefficient (Wildman–Crippen LogP) is 2.08. The molecule has 0 aromatic heterocycles. The normalized spacial score (nSPS) is 10.6. The van der Waals surface area contributed by atoms with Crippen LogP contribution in [0.4, 0.5) is 0 Å². The van der Waals surface area contributed by atoms with Crippen LogP contribution in [-0.4, -0.2) is 13.2 Å². The number of hydrogen-bond donors (Lipinski definition) is 1. The summed E-state index contributed by atoms with van der Waals surface area (Å²) in [6.07, 6.45) is 0. The van der Waals surface area contributed by atoms with E-state index in [1.807, 2.05) is 18.2 Å². The second-order valence-electron chi connectivity index (χ2n) is 3.41. The van der Waals surface area contributed by atoms with Crippen molar-refractivity contribution in [2.45, 2.75) is 19.8 Å². The van der Waals surface area contributed by atoms with Crippen LogP contribution in [0.2, 0.25) is 0 Å². The van der Waals surface area contributed by atoms with Crippen LogP contribution < -0.4 is 10.6 Å². The number of ether oxygens (including phenoxy) is 1. The fourth-order valence-electron chi connectivity index (χ4n) is 1.29. The summed E-state index contributed by atoms with van der Waals surface area (Å²) in [7, 11) is 0. The van der Waals surface area contributed by atoms with Crippen molar-refractivity contribution in [1.82, 2.24) is 0 Å². The summed E-state index contributed by atoms with van der Waals surface area (Å²) in [6.45, 7) is 5.18. The number of rotatable bonds is 5. The standard InChI is InChI=1S/C11H17NO2/c1-9(2)10-5-3-4-6-11(10)13-7-8-14-12/h3-6,9H,7-8,12H2,1-2H3. The van der Waals surface area contributed by atoms with Gasteiger partial charge in [-0.3, -0.25) is 0 Å². The molecule has 0 aliphatic rings. The van der Waals surface area contributed by atoms with Gasteiger partial charge < -0.3 is 9.57 Å². The third kappa shape index (κ3) is 3.01. The van der Waals surface area contributed by atoms with Gasteiger partial charge in [0.2, 0.25) is 0 Å². The van der Waals surface area contributed by atoms with E-state index < -0.39 is 0 Å². The Morgan fingerprint density at radius 1 is 1.21 bits per heavy atom. The molecule has 0 saturated heterocycles. The van der Waals surface area contributed by atoms with Gasteiger partial charge in [0.15, 0.2) is 0 Å². The zero-order valence-electron chi connectivity index (χ0n) is 8.69. The van der Waals surface area contributed by atoms with Crippen LogP contribution in [0.15, 0.2) is 24.3 Å². The molecule has 2 N–H and O–H groups in total. The second-order valence-corrected chi connectivity index (χ2v) is 3.41. The van der Waals surface area contributed by atoms with Gasteiger partial charge in [-0.25, -0.2) is 5.90 Å². The summed E-state index contributed by atoms with van der Waals surface area (Å²) in [4.78, 5) is 4.44. The second kappa shape index (κ2) is 5.62. The summed E-state index contributed by atoms with van der Waals surface area (Å²) >= 11 is 0. The molecule has 0 heterocycles. The van der Waals surface area contributed by atoms with Crippen molar-refractivity contribution in [3.8, 4) is 5.75 Å². The minimum absolute atomic E-state index is 0.409. The molecule has 0 radical (unpaired) electrons. The third-order valence-corrected chi connectivity index (χ3v) is 2.00. The van der Waals surface area contributed by atoms with Gasteiger partial charge in [-0.2, -0.15) is 0 Å². The average Bonchev–Trinajstić information content (AvgIpc) is 2.19. The van der Waals surface area contributed by atoms with Gasteiger partial charge in [-0.1, -0.05) is 32.0 Å². The molecule has 0 spiro atoms. The van der Waals surface area contributed by atoms with E-state index in [4.69, 9.17) is 10.6 Å². The van der Waals surface area contributed by atoms with Gasteiger partial charge in [-0.05, 0) is 17.5 Å². The van der Waals surface area contributed by atoms with E-state index in [1.165, 1.54) is 5.56 Å². The maximum absolute atomic E-state index is 5.53. The van der Waals surface area contributed by atoms with Crippen LogP contribution in [0.3, 0.4) is 0 Å². The molecule has 78 valence electrons. The fraction of sp³-hybridized carbons (Fsp3) is 0.455. The lowest BCUT2D eigenvalue weighted by Gasteiger charge is -2.13. The highest BCUT2D eigenvalue weighted by Gasteiger charge is 2.05. The van der Waals surface area contributed by atoms with Gasteiger partial charge in [-0.15, -0.1) is 0 Å². The molecule has 0 aliphatic heterocycles. The summed E-state index contributed by atoms with van der Waals surface area (Å²) in [6, 6.07) is 8.02. The van der Waals surface area contributed by atoms with Crippen LogP contribution in [0.25, 0.3) is 0 Å². The van der Waals surface area contributed by atoms with Crippen LogP contribution >= 0.6 is 0 Å². The Labute approximate surface area is 84.8 Å². The van der Waals surface area contributed by atoms with Gasteiger partial charge in [0.25, 0.3) is 0 Å². The first-order valence-electron chi connectivity index (χ1n) is 4.79. The molecule has 0 unspecified atom stereocenters. The Kier molecular flexibility index (Phi) is 4.43. The highest BCUT2D eigenvalue weighted by molar-refractivity contribution is 5.35. The van der Waals surface area contributed by atoms with Crippen molar-refractivity contribution in [1.29, 1.82) is 0 Å². The summed E-state index contributed by atoms with van der Waals surface area (Å²) in [5.74, 6) is 6.29. The third-order valence-electron chi connectivity index (χ3n) is 2.00. The Morgan fingerprint density at radius 2 is 1.93 bits per heavy atom. The highest BCUT2D eigenvalue weighted by atomic mass is 16.6. The summed E-state index contributed by atoms with van der Waals surface area (Å²) < 4.78 is 5.53. The van der Waals surface area contributed by atoms with Crippen LogP contribution in [0, 0.1) is 0 Å². The lowest BCUT2D eigenvalue weighted by molar-refractivity contribution is 0.101. The lowest BCUT2D eigenvalue weighted by atomic mass is 10.0. The summed E-state index contributed by atoms with van der Waals surface area (Å²) in [5.41, 5.74) is 1.21. The van der Waals surface area contributed by atoms with E-state index >= 15 is 0 Å². The SMILES string of the molecule is CC(C)c1ccccc1OCCON. The Morgan fingerprint density at radius 3 is 2.57 bits per heavy atom. The van der Waals surface area contributed by atoms with Gasteiger partial charge >= 0.3 is 0 Å². The lowest BCUT2D eigenvalue weighted by Crippen LogP contribution is -2.11. The van der Waals surface area contributed by atoms with Crippen molar-refractivity contribution in [3.63, 3.8) is 0 Å². The zero-order chi connectivity index (χ0) is 10.4. The Balaban J connectivity index is 2.64. The fourth-order valence-corrected chi connectivity index (χ4v) is 1.29. The molecular formula is C11H17NO2. The van der Waals surface area contributed by atoms with Gasteiger partial charge in [0.1, 0.15) is 19.0 Å². The topological polar surface area (TPSA) is 44.5 Å². The maximum Gasteiger partial charge on any atom is 0.122 e. The maximum atomic E-state index is 5.53. The number of hydrogen-bond acceptors (Lipinski definition) is 3. The van der Waals surface area contributed by atoms with E-state index in [0.717, 1.165) is 5.75 Å². The molecule has 0 saturated carbocycles. The molecule has 14 heavy (non-hydrogen) atoms. The molecule has 0 fully saturated rings. The van der Waals surface area contributed by atoms with Crippen LogP contribution in [-0.2, 0) is 4.84 Å². The van der Waals surface area contributed by atoms with E-state index in [0.29, 0.717) is 19.1 Å². The van der Waals surface area contributed by atoms with Crippen LogP contribution in [0.5, 0.6) is 5.75 Å². The monoisotopic (exact) mass is 195 g/mol. The predicted molar refractivity (Wildman–Crippen MR) is 56.2 cm³/mol. The first-order chi connectivity index (χ1) is 6.75. The number of nitrogens with two attached hydrogens (primary N) is 1. The van der Waals surface area contributed by atoms with E-state index in [9.17, 15) is 0 Å². The molecule has 0 aliphatic carbocycles. The molecule has 3 nitrogen and oxygen atoms in total. The molecule has 1 rings (SSSR count). The van der Waals surface area contributed by atoms with E-state index in [-0.39, 0.29) is 0 Å². The smallest absolute Gasteiger partial charge is 0.122 e. The Bertz CT molecular complexity index is 274. The minimum Gasteiger partial charge on any atom is -0.491 e. The van der Waals surface area contributed by atoms with E-state index in [2.05, 4.69) is 24.8 Å². The first kappa shape index (κ1) is 11.0. The van der Waals surface area contributed by atoms with Crippen molar-refractivity contribution < 1.29 is 9.57 Å². The first-order valence-corrected chi connectivity index (χ1v) is 4.79. The van der Waals surface area contributed by atoms with Crippen LogP contribution in [0.1, 0.15) is 25.3 Å². The molecule has 3 heteroatoms. The minimum atomic E-state index is 0.409. The highest BCUT2D eigenvalue weighted by Crippen LogP contribution is 2.25. The number of benzene rings is 1. The summed E-state index contributed by atoms with van der Waals surface area (Å²) in [5, 5.41) is 0. The zero-order valence-corrected chi connectivity index (χ0v) is 8.69. The van der Waals surface area contributed by atoms with E-state index in [1.54, 1.807) is 0 Å². The van der Waals surface area contributed by atoms with Crippen molar-refractivity contribution in [3.05, 3.63) is 29.8 Å².